The molecular weight excluding hydrogens is 464 g/mol. The van der Waals surface area contributed by atoms with Crippen LogP contribution in [-0.4, -0.2) is 55.9 Å². The molecule has 0 aliphatic carbocycles. The Morgan fingerprint density at radius 3 is 2.85 bits per heavy atom. The number of nitrogens with zero attached hydrogens (tertiary/aromatic N) is 2. The summed E-state index contributed by atoms with van der Waals surface area (Å²) in [5, 5.41) is 3.55. The summed E-state index contributed by atoms with van der Waals surface area (Å²) in [5.74, 6) is -2.09. The van der Waals surface area contributed by atoms with Crippen LogP contribution in [0.4, 0.5) is 20.2 Å². The number of carbonyl (C=O) groups is 1. The molecule has 34 heavy (non-hydrogen) atoms. The molecule has 3 atom stereocenters. The summed E-state index contributed by atoms with van der Waals surface area (Å²) < 4.78 is 41.1. The van der Waals surface area contributed by atoms with Crippen molar-refractivity contribution in [3.8, 4) is 5.75 Å². The first kappa shape index (κ1) is 22.8. The van der Waals surface area contributed by atoms with Crippen LogP contribution in [0.15, 0.2) is 18.2 Å². The molecule has 180 valence electrons. The number of pyridine rings is 1. The number of nitrogens with two attached hydrogens (primary N) is 2. The molecule has 5 N–H and O–H groups in total. The Hall–Kier alpha value is -3.02. The van der Waals surface area contributed by atoms with Crippen LogP contribution in [0, 0.1) is 18.6 Å². The number of fused-ring (bicyclic) bond motifs is 2. The largest absolute Gasteiger partial charge is 0.491 e. The number of anilines is 2. The molecule has 0 spiro atoms. The molecule has 2 aliphatic heterocycles. The minimum Gasteiger partial charge on any atom is -0.491 e. The summed E-state index contributed by atoms with van der Waals surface area (Å²) >= 11 is 1.20. The number of nitrogen functional groups attached to an aromatic ring is 1. The number of aryl methyl sites for hydroxylation is 1. The fourth-order valence-corrected chi connectivity index (χ4v) is 5.56. The van der Waals surface area contributed by atoms with E-state index in [1.165, 1.54) is 17.4 Å². The number of hydrogen-bond acceptors (Lipinski definition) is 8. The van der Waals surface area contributed by atoms with Gasteiger partial charge in [0, 0.05) is 49.3 Å². The van der Waals surface area contributed by atoms with Crippen molar-refractivity contribution in [2.45, 2.75) is 31.5 Å². The standard InChI is InChI=1S/C23H25F2N5O3S/c1-10-3-4-12-20(27)21(34-23(12)28-10)22(31)29-11-5-13-16(33-9-11)6-15(19(25)18(13)24)30-7-14(26)17(8-30)32-2/h3-4,6,11,14,17H,5,7-9,26-27H2,1-2H3,(H,29,31)/t11-,14+,17+/m1/s1. The fraction of sp³-hybridized carbons (Fsp3) is 0.391. The van der Waals surface area contributed by atoms with Gasteiger partial charge in [-0.2, -0.15) is 0 Å². The Balaban J connectivity index is 1.35. The van der Waals surface area contributed by atoms with Gasteiger partial charge in [0.1, 0.15) is 22.1 Å². The van der Waals surface area contributed by atoms with Gasteiger partial charge in [0.25, 0.3) is 5.91 Å². The molecule has 11 heteroatoms. The molecule has 1 amide bonds. The summed E-state index contributed by atoms with van der Waals surface area (Å²) in [6.45, 7) is 2.68. The predicted octanol–water partition coefficient (Wildman–Crippen LogP) is 2.36. The minimum absolute atomic E-state index is 0.0891. The van der Waals surface area contributed by atoms with E-state index in [2.05, 4.69) is 10.3 Å². The lowest BCUT2D eigenvalue weighted by molar-refractivity contribution is 0.0919. The van der Waals surface area contributed by atoms with Gasteiger partial charge >= 0.3 is 0 Å². The van der Waals surface area contributed by atoms with E-state index >= 15 is 4.39 Å². The number of halogens is 2. The van der Waals surface area contributed by atoms with E-state index in [9.17, 15) is 9.18 Å². The van der Waals surface area contributed by atoms with Crippen LogP contribution in [0.2, 0.25) is 0 Å². The lowest BCUT2D eigenvalue weighted by Gasteiger charge is -2.28. The van der Waals surface area contributed by atoms with Gasteiger partial charge in [0.05, 0.1) is 29.6 Å². The second-order valence-electron chi connectivity index (χ2n) is 8.68. The molecule has 0 bridgehead atoms. The Kier molecular flexibility index (Phi) is 5.78. The smallest absolute Gasteiger partial charge is 0.263 e. The normalized spacial score (nSPS) is 22.0. The molecule has 1 fully saturated rings. The van der Waals surface area contributed by atoms with Crippen molar-refractivity contribution in [1.82, 2.24) is 10.3 Å². The lowest BCUT2D eigenvalue weighted by Crippen LogP contribution is -2.43. The van der Waals surface area contributed by atoms with Crippen LogP contribution in [-0.2, 0) is 11.2 Å². The summed E-state index contributed by atoms with van der Waals surface area (Å²) in [6, 6.07) is 4.31. The van der Waals surface area contributed by atoms with Gasteiger partial charge < -0.3 is 31.2 Å². The third kappa shape index (κ3) is 3.83. The number of benzene rings is 1. The number of methoxy groups -OCH3 is 1. The minimum atomic E-state index is -0.984. The van der Waals surface area contributed by atoms with E-state index in [0.717, 1.165) is 5.69 Å². The molecule has 0 unspecified atom stereocenters. The van der Waals surface area contributed by atoms with E-state index in [-0.39, 0.29) is 42.2 Å². The van der Waals surface area contributed by atoms with Crippen LogP contribution >= 0.6 is 11.3 Å². The van der Waals surface area contributed by atoms with Gasteiger partial charge in [-0.05, 0) is 19.1 Å². The molecule has 2 aromatic heterocycles. The fourth-order valence-electron chi connectivity index (χ4n) is 4.52. The molecule has 0 radical (unpaired) electrons. The van der Waals surface area contributed by atoms with Gasteiger partial charge in [-0.3, -0.25) is 4.79 Å². The summed E-state index contributed by atoms with van der Waals surface area (Å²) in [7, 11) is 1.54. The van der Waals surface area contributed by atoms with Gasteiger partial charge in [-0.1, -0.05) is 0 Å². The first-order valence-electron chi connectivity index (χ1n) is 10.9. The van der Waals surface area contributed by atoms with Crippen molar-refractivity contribution in [1.29, 1.82) is 0 Å². The summed E-state index contributed by atoms with van der Waals surface area (Å²) in [5.41, 5.74) is 13.6. The maximum atomic E-state index is 15.1. The van der Waals surface area contributed by atoms with Crippen molar-refractivity contribution in [2.24, 2.45) is 5.73 Å². The number of thiophene rings is 1. The van der Waals surface area contributed by atoms with Crippen LogP contribution in [0.25, 0.3) is 10.2 Å². The van der Waals surface area contributed by atoms with Crippen molar-refractivity contribution in [2.75, 3.05) is 37.4 Å². The highest BCUT2D eigenvalue weighted by atomic mass is 32.1. The lowest BCUT2D eigenvalue weighted by atomic mass is 10.0. The highest BCUT2D eigenvalue weighted by molar-refractivity contribution is 7.21. The van der Waals surface area contributed by atoms with Crippen LogP contribution in [0.3, 0.4) is 0 Å². The van der Waals surface area contributed by atoms with Crippen molar-refractivity contribution >= 4 is 38.8 Å². The van der Waals surface area contributed by atoms with E-state index in [4.69, 9.17) is 20.9 Å². The Labute approximate surface area is 198 Å². The highest BCUT2D eigenvalue weighted by Gasteiger charge is 2.35. The van der Waals surface area contributed by atoms with Crippen LogP contribution in [0.5, 0.6) is 5.75 Å². The number of amides is 1. The van der Waals surface area contributed by atoms with Gasteiger partial charge in [-0.25, -0.2) is 13.8 Å². The predicted molar refractivity (Wildman–Crippen MR) is 127 cm³/mol. The second kappa shape index (κ2) is 8.64. The number of carbonyl (C=O) groups excluding carboxylic acids is 1. The highest BCUT2D eigenvalue weighted by Crippen LogP contribution is 2.37. The van der Waals surface area contributed by atoms with Gasteiger partial charge in [-0.15, -0.1) is 11.3 Å². The van der Waals surface area contributed by atoms with Crippen molar-refractivity contribution in [3.05, 3.63) is 46.0 Å². The molecule has 2 aliphatic rings. The first-order valence-corrected chi connectivity index (χ1v) is 11.7. The summed E-state index contributed by atoms with van der Waals surface area (Å²) in [4.78, 5) is 20.0. The Morgan fingerprint density at radius 2 is 2.12 bits per heavy atom. The second-order valence-corrected chi connectivity index (χ2v) is 9.68. The average molecular weight is 490 g/mol. The SMILES string of the molecule is CO[C@H]1CN(c2cc3c(c(F)c2F)C[C@@H](NC(=O)c2sc4nc(C)ccc4c2N)CO3)C[C@@H]1N. The molecule has 3 aromatic rings. The van der Waals surface area contributed by atoms with Crippen LogP contribution < -0.4 is 26.4 Å². The first-order chi connectivity index (χ1) is 16.3. The molecule has 5 rings (SSSR count). The van der Waals surface area contributed by atoms with Crippen molar-refractivity contribution in [3.63, 3.8) is 0 Å². The van der Waals surface area contributed by atoms with E-state index in [1.807, 2.05) is 19.1 Å². The molecular formula is C23H25F2N5O3S. The quantitative estimate of drug-likeness (QED) is 0.515. The molecule has 1 saturated heterocycles. The van der Waals surface area contributed by atoms with Crippen molar-refractivity contribution < 1.29 is 23.0 Å². The van der Waals surface area contributed by atoms with Crippen LogP contribution in [0.1, 0.15) is 20.9 Å². The zero-order chi connectivity index (χ0) is 24.1. The molecule has 8 nitrogen and oxygen atoms in total. The molecule has 1 aromatic carbocycles. The number of ether oxygens (including phenoxy) is 2. The van der Waals surface area contributed by atoms with E-state index < -0.39 is 23.6 Å². The molecule has 0 saturated carbocycles. The topological polar surface area (TPSA) is 116 Å². The van der Waals surface area contributed by atoms with E-state index in [1.54, 1.807) is 12.0 Å². The van der Waals surface area contributed by atoms with E-state index in [0.29, 0.717) is 33.9 Å². The van der Waals surface area contributed by atoms with Gasteiger partial charge in [0.15, 0.2) is 11.6 Å². The monoisotopic (exact) mass is 489 g/mol. The number of hydrogen-bond donors (Lipinski definition) is 3. The zero-order valence-electron chi connectivity index (χ0n) is 18.7. The Bertz CT molecular complexity index is 1280. The van der Waals surface area contributed by atoms with Gasteiger partial charge in [0.2, 0.25) is 0 Å². The Morgan fingerprint density at radius 1 is 1.32 bits per heavy atom. The third-order valence-electron chi connectivity index (χ3n) is 6.37. The average Bonchev–Trinajstić information content (AvgIpc) is 3.35. The summed E-state index contributed by atoms with van der Waals surface area (Å²) in [6.07, 6.45) is -0.175. The number of aromatic nitrogens is 1. The molecule has 4 heterocycles. The third-order valence-corrected chi connectivity index (χ3v) is 7.48. The maximum absolute atomic E-state index is 15.1. The number of rotatable bonds is 4. The number of nitrogens with one attached hydrogen (secondary N) is 1. The zero-order valence-corrected chi connectivity index (χ0v) is 19.5. The maximum Gasteiger partial charge on any atom is 0.263 e.